The number of carbonyl (C=O) groups excluding carboxylic acids is 2. The summed E-state index contributed by atoms with van der Waals surface area (Å²) in [6, 6.07) is 5.02. The van der Waals surface area contributed by atoms with Crippen LogP contribution < -0.4 is 5.32 Å². The second-order valence-corrected chi connectivity index (χ2v) is 5.74. The number of nitrogens with one attached hydrogen (secondary N) is 1. The quantitative estimate of drug-likeness (QED) is 0.867. The van der Waals surface area contributed by atoms with Crippen LogP contribution in [0.3, 0.4) is 0 Å². The summed E-state index contributed by atoms with van der Waals surface area (Å²) in [5.74, 6) is -0.362. The largest absolute Gasteiger partial charge is 0.302 e. The van der Waals surface area contributed by atoms with Crippen LogP contribution in [-0.4, -0.2) is 16.7 Å². The minimum absolute atomic E-state index is 0.133. The lowest BCUT2D eigenvalue weighted by molar-refractivity contribution is -0.115. The van der Waals surface area contributed by atoms with E-state index in [1.165, 1.54) is 18.3 Å². The summed E-state index contributed by atoms with van der Waals surface area (Å²) in [5.41, 5.74) is 1.10. The van der Waals surface area contributed by atoms with Gasteiger partial charge in [-0.25, -0.2) is 4.98 Å². The molecule has 2 aromatic rings. The molecule has 0 aliphatic carbocycles. The molecule has 0 aliphatic rings. The Labute approximate surface area is 129 Å². The van der Waals surface area contributed by atoms with E-state index in [9.17, 15) is 9.59 Å². The van der Waals surface area contributed by atoms with Crippen LogP contribution in [0.25, 0.3) is 0 Å². The molecule has 7 heteroatoms. The maximum absolute atomic E-state index is 11.9. The Kier molecular flexibility index (Phi) is 4.75. The van der Waals surface area contributed by atoms with Gasteiger partial charge in [-0.3, -0.25) is 9.59 Å². The summed E-state index contributed by atoms with van der Waals surface area (Å²) >= 11 is 12.9. The highest BCUT2D eigenvalue weighted by molar-refractivity contribution is 7.14. The lowest BCUT2D eigenvalue weighted by Crippen LogP contribution is -2.14. The lowest BCUT2D eigenvalue weighted by Gasteiger charge is -2.03. The number of Topliss-reactive ketones (excluding diaryl/α,β-unsaturated/α-hetero) is 1. The van der Waals surface area contributed by atoms with Gasteiger partial charge in [0, 0.05) is 12.3 Å². The Morgan fingerprint density at radius 1 is 1.30 bits per heavy atom. The molecule has 0 radical (unpaired) electrons. The van der Waals surface area contributed by atoms with E-state index in [1.807, 2.05) is 0 Å². The molecule has 0 saturated heterocycles. The maximum atomic E-state index is 11.9. The van der Waals surface area contributed by atoms with Crippen molar-refractivity contribution in [3.05, 3.63) is 44.9 Å². The van der Waals surface area contributed by atoms with Gasteiger partial charge in [-0.2, -0.15) is 0 Å². The van der Waals surface area contributed by atoms with Crippen LogP contribution in [0.15, 0.2) is 23.6 Å². The number of rotatable bonds is 4. The zero-order valence-electron chi connectivity index (χ0n) is 10.4. The highest BCUT2D eigenvalue weighted by atomic mass is 35.5. The number of nitrogens with zero attached hydrogens (tertiary/aromatic N) is 1. The van der Waals surface area contributed by atoms with Crippen LogP contribution in [-0.2, 0) is 11.2 Å². The summed E-state index contributed by atoms with van der Waals surface area (Å²) < 4.78 is 0. The number of aromatic nitrogens is 1. The van der Waals surface area contributed by atoms with E-state index in [2.05, 4.69) is 10.3 Å². The third kappa shape index (κ3) is 3.79. The Morgan fingerprint density at radius 2 is 2.05 bits per heavy atom. The van der Waals surface area contributed by atoms with E-state index in [4.69, 9.17) is 23.2 Å². The van der Waals surface area contributed by atoms with Crippen LogP contribution in [0.5, 0.6) is 0 Å². The molecule has 2 rings (SSSR count). The molecule has 0 spiro atoms. The fourth-order valence-electron chi connectivity index (χ4n) is 1.49. The smallest absolute Gasteiger partial charge is 0.230 e. The second-order valence-electron chi connectivity index (χ2n) is 4.07. The third-order valence-electron chi connectivity index (χ3n) is 2.46. The van der Waals surface area contributed by atoms with Crippen LogP contribution in [0.4, 0.5) is 5.13 Å². The van der Waals surface area contributed by atoms with Crippen molar-refractivity contribution >= 4 is 51.4 Å². The van der Waals surface area contributed by atoms with E-state index in [0.29, 0.717) is 20.9 Å². The number of hydrogen-bond acceptors (Lipinski definition) is 4. The average molecular weight is 329 g/mol. The summed E-state index contributed by atoms with van der Waals surface area (Å²) in [4.78, 5) is 27.0. The standard InChI is InChI=1S/C13H10Cl2N2O2S/c1-7(18)11-6-20-13(16-11)17-12(19)5-8-2-3-9(14)10(15)4-8/h2-4,6H,5H2,1H3,(H,16,17,19). The van der Waals surface area contributed by atoms with Crippen molar-refractivity contribution in [1.82, 2.24) is 4.98 Å². The minimum Gasteiger partial charge on any atom is -0.302 e. The summed E-state index contributed by atoms with van der Waals surface area (Å²) in [5, 5.41) is 5.50. The Balaban J connectivity index is 2.01. The normalized spacial score (nSPS) is 10.3. The highest BCUT2D eigenvalue weighted by Gasteiger charge is 2.10. The van der Waals surface area contributed by atoms with Crippen molar-refractivity contribution in [3.8, 4) is 0 Å². The van der Waals surface area contributed by atoms with E-state index in [1.54, 1.807) is 23.6 Å². The van der Waals surface area contributed by atoms with Crippen LogP contribution in [0, 0.1) is 0 Å². The van der Waals surface area contributed by atoms with Crippen LogP contribution in [0.2, 0.25) is 10.0 Å². The number of amides is 1. The SMILES string of the molecule is CC(=O)c1csc(NC(=O)Cc2ccc(Cl)c(Cl)c2)n1. The molecule has 0 saturated carbocycles. The molecule has 1 aromatic heterocycles. The van der Waals surface area contributed by atoms with E-state index >= 15 is 0 Å². The molecular weight excluding hydrogens is 319 g/mol. The first-order valence-corrected chi connectivity index (χ1v) is 7.29. The van der Waals surface area contributed by atoms with E-state index < -0.39 is 0 Å². The molecule has 1 aromatic carbocycles. The summed E-state index contributed by atoms with van der Waals surface area (Å²) in [6.45, 7) is 1.43. The van der Waals surface area contributed by atoms with Gasteiger partial charge in [-0.1, -0.05) is 29.3 Å². The van der Waals surface area contributed by atoms with Gasteiger partial charge in [0.1, 0.15) is 5.69 Å². The molecular formula is C13H10Cl2N2O2S. The van der Waals surface area contributed by atoms with Gasteiger partial charge in [-0.15, -0.1) is 11.3 Å². The third-order valence-corrected chi connectivity index (χ3v) is 3.96. The molecule has 104 valence electrons. The molecule has 0 unspecified atom stereocenters. The van der Waals surface area contributed by atoms with Gasteiger partial charge >= 0.3 is 0 Å². The van der Waals surface area contributed by atoms with Gasteiger partial charge in [0.15, 0.2) is 10.9 Å². The fourth-order valence-corrected chi connectivity index (χ4v) is 2.58. The maximum Gasteiger partial charge on any atom is 0.230 e. The first-order valence-electron chi connectivity index (χ1n) is 5.66. The molecule has 0 bridgehead atoms. The average Bonchev–Trinajstić information content (AvgIpc) is 2.82. The second kappa shape index (κ2) is 6.35. The van der Waals surface area contributed by atoms with Crippen molar-refractivity contribution < 1.29 is 9.59 Å². The van der Waals surface area contributed by atoms with E-state index in [-0.39, 0.29) is 18.1 Å². The van der Waals surface area contributed by atoms with Gasteiger partial charge in [0.25, 0.3) is 0 Å². The first kappa shape index (κ1) is 15.0. The molecule has 20 heavy (non-hydrogen) atoms. The van der Waals surface area contributed by atoms with Crippen LogP contribution >= 0.6 is 34.5 Å². The Bertz CT molecular complexity index is 670. The van der Waals surface area contributed by atoms with Crippen molar-refractivity contribution in [2.45, 2.75) is 13.3 Å². The van der Waals surface area contributed by atoms with E-state index in [0.717, 1.165) is 5.56 Å². The van der Waals surface area contributed by atoms with Gasteiger partial charge < -0.3 is 5.32 Å². The molecule has 1 N–H and O–H groups in total. The monoisotopic (exact) mass is 328 g/mol. The summed E-state index contributed by atoms with van der Waals surface area (Å²) in [6.07, 6.45) is 0.159. The number of benzene rings is 1. The van der Waals surface area contributed by atoms with Crippen molar-refractivity contribution in [2.24, 2.45) is 0 Å². The molecule has 1 heterocycles. The number of anilines is 1. The lowest BCUT2D eigenvalue weighted by atomic mass is 10.1. The van der Waals surface area contributed by atoms with Crippen molar-refractivity contribution in [1.29, 1.82) is 0 Å². The number of carbonyl (C=O) groups is 2. The van der Waals surface area contributed by atoms with Gasteiger partial charge in [0.2, 0.25) is 5.91 Å². The number of thiazole rings is 1. The number of halogens is 2. The zero-order valence-corrected chi connectivity index (χ0v) is 12.8. The van der Waals surface area contributed by atoms with Crippen molar-refractivity contribution in [2.75, 3.05) is 5.32 Å². The molecule has 4 nitrogen and oxygen atoms in total. The topological polar surface area (TPSA) is 59.1 Å². The van der Waals surface area contributed by atoms with Crippen LogP contribution in [0.1, 0.15) is 23.0 Å². The predicted octanol–water partition coefficient (Wildman–Crippen LogP) is 3.83. The summed E-state index contributed by atoms with van der Waals surface area (Å²) in [7, 11) is 0. The predicted molar refractivity (Wildman–Crippen MR) is 80.9 cm³/mol. The minimum atomic E-state index is -0.229. The fraction of sp³-hybridized carbons (Fsp3) is 0.154. The molecule has 0 aliphatic heterocycles. The molecule has 1 amide bonds. The number of hydrogen-bond donors (Lipinski definition) is 1. The van der Waals surface area contributed by atoms with Crippen molar-refractivity contribution in [3.63, 3.8) is 0 Å². The Morgan fingerprint density at radius 3 is 2.65 bits per heavy atom. The highest BCUT2D eigenvalue weighted by Crippen LogP contribution is 2.23. The molecule has 0 atom stereocenters. The first-order chi connectivity index (χ1) is 9.45. The molecule has 0 fully saturated rings. The Hall–Kier alpha value is -1.43. The number of ketones is 1. The van der Waals surface area contributed by atoms with Gasteiger partial charge in [-0.05, 0) is 17.7 Å². The zero-order chi connectivity index (χ0) is 14.7. The van der Waals surface area contributed by atoms with Gasteiger partial charge in [0.05, 0.1) is 16.5 Å².